The fourth-order valence-corrected chi connectivity index (χ4v) is 2.85. The Bertz CT molecular complexity index is 880. The highest BCUT2D eigenvalue weighted by molar-refractivity contribution is 6.30. The van der Waals surface area contributed by atoms with Gasteiger partial charge < -0.3 is 4.74 Å². The number of ether oxygens (including phenoxy) is 1. The van der Waals surface area contributed by atoms with Crippen molar-refractivity contribution in [2.75, 3.05) is 6.54 Å². The third-order valence-electron chi connectivity index (χ3n) is 4.34. The molecule has 0 spiro atoms. The van der Waals surface area contributed by atoms with E-state index >= 15 is 0 Å². The van der Waals surface area contributed by atoms with Crippen molar-refractivity contribution in [1.29, 1.82) is 0 Å². The summed E-state index contributed by atoms with van der Waals surface area (Å²) in [5, 5.41) is 11.4. The Morgan fingerprint density at radius 3 is 2.18 bits per heavy atom. The SMILES string of the molecule is O=C(Cc1ccc(OCc2ccccc2)cc1)N(O)CCc1ccc(Cl)cc1. The van der Waals surface area contributed by atoms with Crippen LogP contribution in [0.2, 0.25) is 5.02 Å². The Morgan fingerprint density at radius 1 is 0.857 bits per heavy atom. The minimum atomic E-state index is -0.341. The van der Waals surface area contributed by atoms with Crippen LogP contribution in [0.5, 0.6) is 5.75 Å². The van der Waals surface area contributed by atoms with Crippen LogP contribution in [0.25, 0.3) is 0 Å². The van der Waals surface area contributed by atoms with Gasteiger partial charge in [-0.1, -0.05) is 66.2 Å². The predicted octanol–water partition coefficient (Wildman–Crippen LogP) is 4.92. The molecule has 0 aliphatic heterocycles. The topological polar surface area (TPSA) is 49.8 Å². The van der Waals surface area contributed by atoms with Gasteiger partial charge >= 0.3 is 0 Å². The molecule has 3 aromatic carbocycles. The molecule has 0 fully saturated rings. The normalized spacial score (nSPS) is 10.5. The van der Waals surface area contributed by atoms with E-state index in [1.165, 1.54) is 0 Å². The Morgan fingerprint density at radius 2 is 1.50 bits per heavy atom. The lowest BCUT2D eigenvalue weighted by molar-refractivity contribution is -0.164. The molecule has 1 amide bonds. The first-order chi connectivity index (χ1) is 13.6. The average molecular weight is 396 g/mol. The van der Waals surface area contributed by atoms with Gasteiger partial charge in [0.1, 0.15) is 12.4 Å². The number of nitrogens with zero attached hydrogens (tertiary/aromatic N) is 1. The summed E-state index contributed by atoms with van der Waals surface area (Å²) < 4.78 is 5.74. The van der Waals surface area contributed by atoms with Gasteiger partial charge in [-0.15, -0.1) is 0 Å². The number of hydroxylamine groups is 2. The van der Waals surface area contributed by atoms with Gasteiger partial charge in [-0.25, -0.2) is 5.06 Å². The summed E-state index contributed by atoms with van der Waals surface area (Å²) in [6, 6.07) is 24.6. The van der Waals surface area contributed by atoms with Crippen LogP contribution in [0.3, 0.4) is 0 Å². The Hall–Kier alpha value is -2.82. The van der Waals surface area contributed by atoms with Gasteiger partial charge in [0, 0.05) is 5.02 Å². The highest BCUT2D eigenvalue weighted by Gasteiger charge is 2.12. The maximum atomic E-state index is 12.2. The van der Waals surface area contributed by atoms with Crippen molar-refractivity contribution in [3.63, 3.8) is 0 Å². The third kappa shape index (κ3) is 6.12. The minimum absolute atomic E-state index is 0.135. The highest BCUT2D eigenvalue weighted by atomic mass is 35.5. The second-order valence-electron chi connectivity index (χ2n) is 6.49. The average Bonchev–Trinajstić information content (AvgIpc) is 2.73. The molecule has 4 nitrogen and oxygen atoms in total. The summed E-state index contributed by atoms with van der Waals surface area (Å²) in [5.41, 5.74) is 2.93. The number of amides is 1. The quantitative estimate of drug-likeness (QED) is 0.435. The number of hydrogen-bond acceptors (Lipinski definition) is 3. The van der Waals surface area contributed by atoms with Gasteiger partial charge in [0.2, 0.25) is 5.91 Å². The fourth-order valence-electron chi connectivity index (χ4n) is 2.72. The van der Waals surface area contributed by atoms with E-state index in [-0.39, 0.29) is 18.9 Å². The van der Waals surface area contributed by atoms with Gasteiger partial charge in [-0.3, -0.25) is 10.0 Å². The first kappa shape index (κ1) is 19.9. The van der Waals surface area contributed by atoms with E-state index < -0.39 is 0 Å². The van der Waals surface area contributed by atoms with E-state index in [1.54, 1.807) is 12.1 Å². The Balaban J connectivity index is 1.46. The summed E-state index contributed by atoms with van der Waals surface area (Å²) in [7, 11) is 0. The molecule has 28 heavy (non-hydrogen) atoms. The molecule has 0 saturated heterocycles. The van der Waals surface area contributed by atoms with Gasteiger partial charge in [-0.2, -0.15) is 0 Å². The van der Waals surface area contributed by atoms with Crippen LogP contribution in [0.1, 0.15) is 16.7 Å². The molecular formula is C23H22ClNO3. The maximum Gasteiger partial charge on any atom is 0.250 e. The smallest absolute Gasteiger partial charge is 0.250 e. The number of rotatable bonds is 8. The van der Waals surface area contributed by atoms with E-state index in [0.29, 0.717) is 18.1 Å². The van der Waals surface area contributed by atoms with Gasteiger partial charge in [0.05, 0.1) is 13.0 Å². The van der Waals surface area contributed by atoms with E-state index in [1.807, 2.05) is 66.7 Å². The molecule has 0 heterocycles. The van der Waals surface area contributed by atoms with E-state index in [2.05, 4.69) is 0 Å². The zero-order valence-electron chi connectivity index (χ0n) is 15.4. The van der Waals surface area contributed by atoms with Crippen molar-refractivity contribution in [1.82, 2.24) is 5.06 Å². The second-order valence-corrected chi connectivity index (χ2v) is 6.92. The largest absolute Gasteiger partial charge is 0.489 e. The lowest BCUT2D eigenvalue weighted by Crippen LogP contribution is -2.30. The van der Waals surface area contributed by atoms with Crippen molar-refractivity contribution in [3.8, 4) is 5.75 Å². The molecule has 0 aliphatic rings. The van der Waals surface area contributed by atoms with E-state index in [9.17, 15) is 10.0 Å². The molecule has 0 radical (unpaired) electrons. The van der Waals surface area contributed by atoms with Gasteiger partial charge in [0.25, 0.3) is 0 Å². The second kappa shape index (κ2) is 9.93. The summed E-state index contributed by atoms with van der Waals surface area (Å²) in [6.45, 7) is 0.729. The van der Waals surface area contributed by atoms with Crippen LogP contribution in [0.4, 0.5) is 0 Å². The molecule has 0 unspecified atom stereocenters. The molecule has 0 aliphatic carbocycles. The number of benzene rings is 3. The van der Waals surface area contributed by atoms with Crippen LogP contribution in [0.15, 0.2) is 78.9 Å². The van der Waals surface area contributed by atoms with Crippen molar-refractivity contribution >= 4 is 17.5 Å². The summed E-state index contributed by atoms with van der Waals surface area (Å²) in [6.07, 6.45) is 0.696. The van der Waals surface area contributed by atoms with Gasteiger partial charge in [0.15, 0.2) is 0 Å². The van der Waals surface area contributed by atoms with Crippen LogP contribution < -0.4 is 4.74 Å². The molecule has 1 N–H and O–H groups in total. The van der Waals surface area contributed by atoms with Crippen molar-refractivity contribution < 1.29 is 14.7 Å². The number of hydrogen-bond donors (Lipinski definition) is 1. The first-order valence-corrected chi connectivity index (χ1v) is 9.47. The van der Waals surface area contributed by atoms with E-state index in [0.717, 1.165) is 27.5 Å². The maximum absolute atomic E-state index is 12.2. The fraction of sp³-hybridized carbons (Fsp3) is 0.174. The number of carbonyl (C=O) groups excluding carboxylic acids is 1. The van der Waals surface area contributed by atoms with Crippen LogP contribution in [-0.2, 0) is 24.2 Å². The molecule has 0 saturated carbocycles. The molecular weight excluding hydrogens is 374 g/mol. The van der Waals surface area contributed by atoms with Crippen LogP contribution in [0, 0.1) is 0 Å². The predicted molar refractivity (Wildman–Crippen MR) is 110 cm³/mol. The highest BCUT2D eigenvalue weighted by Crippen LogP contribution is 2.15. The number of halogens is 1. The molecule has 3 rings (SSSR count). The summed E-state index contributed by atoms with van der Waals surface area (Å²) >= 11 is 5.85. The molecule has 144 valence electrons. The van der Waals surface area contributed by atoms with Crippen molar-refractivity contribution in [3.05, 3.63) is 101 Å². The van der Waals surface area contributed by atoms with Crippen molar-refractivity contribution in [2.24, 2.45) is 0 Å². The Kier molecular flexibility index (Phi) is 7.06. The lowest BCUT2D eigenvalue weighted by atomic mass is 10.1. The molecule has 0 atom stereocenters. The van der Waals surface area contributed by atoms with E-state index in [4.69, 9.17) is 16.3 Å². The lowest BCUT2D eigenvalue weighted by Gasteiger charge is -2.15. The Labute approximate surface area is 169 Å². The standard InChI is InChI=1S/C23H22ClNO3/c24-21-10-6-18(7-11-21)14-15-25(27)23(26)16-19-8-12-22(13-9-19)28-17-20-4-2-1-3-5-20/h1-13,27H,14-17H2. The minimum Gasteiger partial charge on any atom is -0.489 e. The third-order valence-corrected chi connectivity index (χ3v) is 4.59. The van der Waals surface area contributed by atoms with Gasteiger partial charge in [-0.05, 0) is 47.4 Å². The first-order valence-electron chi connectivity index (χ1n) is 9.09. The van der Waals surface area contributed by atoms with Crippen LogP contribution in [-0.4, -0.2) is 22.7 Å². The zero-order chi connectivity index (χ0) is 19.8. The number of carbonyl (C=O) groups is 1. The molecule has 5 heteroatoms. The monoisotopic (exact) mass is 395 g/mol. The molecule has 0 bridgehead atoms. The summed E-state index contributed by atoms with van der Waals surface area (Å²) in [4.78, 5) is 12.2. The molecule has 3 aromatic rings. The zero-order valence-corrected chi connectivity index (χ0v) is 16.2. The summed E-state index contributed by atoms with van der Waals surface area (Å²) in [5.74, 6) is 0.399. The molecule has 0 aromatic heterocycles. The van der Waals surface area contributed by atoms with Crippen molar-refractivity contribution in [2.45, 2.75) is 19.4 Å². The van der Waals surface area contributed by atoms with Crippen LogP contribution >= 0.6 is 11.6 Å².